The predicted molar refractivity (Wildman–Crippen MR) is 124 cm³/mol. The van der Waals surface area contributed by atoms with E-state index in [-0.39, 0.29) is 18.4 Å². The molecule has 0 atom stereocenters. The second kappa shape index (κ2) is 11.4. The molecular weight excluding hydrogens is 386 g/mol. The summed E-state index contributed by atoms with van der Waals surface area (Å²) in [6.45, 7) is 1.90. The van der Waals surface area contributed by atoms with Gasteiger partial charge >= 0.3 is 0 Å². The number of allylic oxidation sites excluding steroid dienone is 1. The van der Waals surface area contributed by atoms with Crippen LogP contribution in [0.5, 0.6) is 0 Å². The fourth-order valence-electron chi connectivity index (χ4n) is 3.30. The quantitative estimate of drug-likeness (QED) is 0.464. The standard InChI is InChI=1S/C26H27N3O2/c1-2-12-23(20-13-6-3-7-14-20)28-29-24(30)19-27-26(31)25(21-15-8-4-9-16-21)22-17-10-5-11-18-22/h3-18,25,28H,2,19H2,1H3,(H,27,31)(H,29,30). The van der Waals surface area contributed by atoms with E-state index in [0.717, 1.165) is 28.8 Å². The van der Waals surface area contributed by atoms with E-state index in [2.05, 4.69) is 16.2 Å². The van der Waals surface area contributed by atoms with Gasteiger partial charge in [0.1, 0.15) is 0 Å². The number of carbonyl (C=O) groups excluding carboxylic acids is 2. The van der Waals surface area contributed by atoms with Gasteiger partial charge in [-0.1, -0.05) is 104 Å². The van der Waals surface area contributed by atoms with Gasteiger partial charge in [-0.25, -0.2) is 0 Å². The van der Waals surface area contributed by atoms with Crippen molar-refractivity contribution in [3.05, 3.63) is 114 Å². The first-order valence-corrected chi connectivity index (χ1v) is 10.4. The van der Waals surface area contributed by atoms with Crippen molar-refractivity contribution in [2.45, 2.75) is 19.3 Å². The van der Waals surface area contributed by atoms with Crippen LogP contribution in [0.1, 0.15) is 36.0 Å². The van der Waals surface area contributed by atoms with Crippen molar-refractivity contribution in [3.8, 4) is 0 Å². The third-order valence-electron chi connectivity index (χ3n) is 4.78. The Balaban J connectivity index is 1.61. The third-order valence-corrected chi connectivity index (χ3v) is 4.78. The van der Waals surface area contributed by atoms with E-state index < -0.39 is 5.92 Å². The van der Waals surface area contributed by atoms with Crippen LogP contribution in [0, 0.1) is 0 Å². The summed E-state index contributed by atoms with van der Waals surface area (Å²) in [7, 11) is 0. The molecule has 3 aromatic rings. The summed E-state index contributed by atoms with van der Waals surface area (Å²) in [6, 6.07) is 28.9. The predicted octanol–water partition coefficient (Wildman–Crippen LogP) is 4.01. The van der Waals surface area contributed by atoms with E-state index >= 15 is 0 Å². The Morgan fingerprint density at radius 2 is 1.29 bits per heavy atom. The van der Waals surface area contributed by atoms with Gasteiger partial charge in [0.15, 0.2) is 0 Å². The fourth-order valence-corrected chi connectivity index (χ4v) is 3.30. The van der Waals surface area contributed by atoms with Gasteiger partial charge in [-0.3, -0.25) is 20.4 Å². The highest BCUT2D eigenvalue weighted by Gasteiger charge is 2.22. The molecule has 2 amide bonds. The lowest BCUT2D eigenvalue weighted by Gasteiger charge is -2.18. The number of carbonyl (C=O) groups is 2. The maximum absolute atomic E-state index is 13.0. The highest BCUT2D eigenvalue weighted by atomic mass is 16.2. The fraction of sp³-hybridized carbons (Fsp3) is 0.154. The summed E-state index contributed by atoms with van der Waals surface area (Å²) in [5.74, 6) is -1.03. The number of nitrogens with one attached hydrogen (secondary N) is 3. The summed E-state index contributed by atoms with van der Waals surface area (Å²) in [6.07, 6.45) is 2.81. The highest BCUT2D eigenvalue weighted by molar-refractivity contribution is 5.90. The number of hydrazine groups is 1. The average molecular weight is 414 g/mol. The Kier molecular flexibility index (Phi) is 8.00. The van der Waals surface area contributed by atoms with Crippen LogP contribution in [0.15, 0.2) is 97.1 Å². The van der Waals surface area contributed by atoms with Gasteiger partial charge in [0.05, 0.1) is 18.2 Å². The van der Waals surface area contributed by atoms with Crippen molar-refractivity contribution in [1.29, 1.82) is 0 Å². The Labute approximate surface area is 183 Å². The molecule has 5 nitrogen and oxygen atoms in total. The first-order valence-electron chi connectivity index (χ1n) is 10.4. The number of rotatable bonds is 9. The van der Waals surface area contributed by atoms with Gasteiger partial charge in [-0.2, -0.15) is 0 Å². The molecule has 0 bridgehead atoms. The Morgan fingerprint density at radius 3 is 1.81 bits per heavy atom. The Hall–Kier alpha value is -3.86. The Bertz CT molecular complexity index is 963. The van der Waals surface area contributed by atoms with Crippen molar-refractivity contribution in [3.63, 3.8) is 0 Å². The van der Waals surface area contributed by atoms with Crippen molar-refractivity contribution in [2.75, 3.05) is 6.54 Å². The maximum Gasteiger partial charge on any atom is 0.257 e. The van der Waals surface area contributed by atoms with E-state index in [1.807, 2.05) is 104 Å². The molecule has 0 radical (unpaired) electrons. The minimum Gasteiger partial charge on any atom is -0.346 e. The number of amides is 2. The van der Waals surface area contributed by atoms with E-state index in [1.54, 1.807) is 0 Å². The first kappa shape index (κ1) is 21.8. The first-order chi connectivity index (χ1) is 15.2. The van der Waals surface area contributed by atoms with E-state index in [0.29, 0.717) is 0 Å². The number of benzene rings is 3. The molecular formula is C26H27N3O2. The normalized spacial score (nSPS) is 11.1. The number of hydrogen-bond donors (Lipinski definition) is 3. The molecule has 0 spiro atoms. The second-order valence-corrected chi connectivity index (χ2v) is 7.04. The molecule has 0 saturated heterocycles. The van der Waals surface area contributed by atoms with Gasteiger partial charge < -0.3 is 5.32 Å². The van der Waals surface area contributed by atoms with Gasteiger partial charge in [-0.05, 0) is 23.1 Å². The zero-order valence-electron chi connectivity index (χ0n) is 17.5. The van der Waals surface area contributed by atoms with E-state index in [4.69, 9.17) is 0 Å². The lowest BCUT2D eigenvalue weighted by molar-refractivity contribution is -0.126. The van der Waals surface area contributed by atoms with Crippen LogP contribution in [0.3, 0.4) is 0 Å². The summed E-state index contributed by atoms with van der Waals surface area (Å²) < 4.78 is 0. The van der Waals surface area contributed by atoms with Crippen LogP contribution < -0.4 is 16.2 Å². The third kappa shape index (κ3) is 6.31. The zero-order valence-corrected chi connectivity index (χ0v) is 17.5. The topological polar surface area (TPSA) is 70.2 Å². The van der Waals surface area contributed by atoms with E-state index in [1.165, 1.54) is 0 Å². The molecule has 3 rings (SSSR count). The molecule has 3 aromatic carbocycles. The lowest BCUT2D eigenvalue weighted by atomic mass is 9.90. The molecule has 0 aliphatic rings. The molecule has 0 unspecified atom stereocenters. The Morgan fingerprint density at radius 1 is 0.774 bits per heavy atom. The van der Waals surface area contributed by atoms with Crippen molar-refractivity contribution in [2.24, 2.45) is 0 Å². The van der Waals surface area contributed by atoms with E-state index in [9.17, 15) is 9.59 Å². The highest BCUT2D eigenvalue weighted by Crippen LogP contribution is 2.24. The van der Waals surface area contributed by atoms with Crippen LogP contribution >= 0.6 is 0 Å². The summed E-state index contributed by atoms with van der Waals surface area (Å²) in [5, 5.41) is 2.76. The minimum absolute atomic E-state index is 0.129. The molecule has 0 aromatic heterocycles. The van der Waals surface area contributed by atoms with Crippen molar-refractivity contribution in [1.82, 2.24) is 16.2 Å². The summed E-state index contributed by atoms with van der Waals surface area (Å²) in [5.41, 5.74) is 9.17. The molecule has 0 fully saturated rings. The maximum atomic E-state index is 13.0. The molecule has 0 aliphatic heterocycles. The summed E-state index contributed by atoms with van der Waals surface area (Å²) >= 11 is 0. The smallest absolute Gasteiger partial charge is 0.257 e. The van der Waals surface area contributed by atoms with Gasteiger partial charge in [0.25, 0.3) is 5.91 Å². The largest absolute Gasteiger partial charge is 0.346 e. The second-order valence-electron chi connectivity index (χ2n) is 7.04. The van der Waals surface area contributed by atoms with Crippen LogP contribution in [-0.2, 0) is 9.59 Å². The summed E-state index contributed by atoms with van der Waals surface area (Å²) in [4.78, 5) is 25.4. The number of hydrogen-bond acceptors (Lipinski definition) is 3. The van der Waals surface area contributed by atoms with Crippen LogP contribution in [0.25, 0.3) is 5.70 Å². The average Bonchev–Trinajstić information content (AvgIpc) is 2.82. The molecule has 0 saturated carbocycles. The molecule has 0 heterocycles. The monoisotopic (exact) mass is 413 g/mol. The molecule has 0 aliphatic carbocycles. The molecule has 5 heteroatoms. The van der Waals surface area contributed by atoms with Crippen LogP contribution in [0.2, 0.25) is 0 Å². The molecule has 158 valence electrons. The van der Waals surface area contributed by atoms with Crippen LogP contribution in [0.4, 0.5) is 0 Å². The van der Waals surface area contributed by atoms with Crippen molar-refractivity contribution < 1.29 is 9.59 Å². The van der Waals surface area contributed by atoms with Crippen molar-refractivity contribution >= 4 is 17.5 Å². The zero-order chi connectivity index (χ0) is 21.9. The van der Waals surface area contributed by atoms with Gasteiger partial charge in [0, 0.05) is 0 Å². The molecule has 3 N–H and O–H groups in total. The van der Waals surface area contributed by atoms with Gasteiger partial charge in [0.2, 0.25) is 5.91 Å². The SMILES string of the molecule is CCC=C(NNC(=O)CNC(=O)C(c1ccccc1)c1ccccc1)c1ccccc1. The minimum atomic E-state index is -0.483. The molecule has 31 heavy (non-hydrogen) atoms. The van der Waals surface area contributed by atoms with Crippen LogP contribution in [-0.4, -0.2) is 18.4 Å². The van der Waals surface area contributed by atoms with Gasteiger partial charge in [-0.15, -0.1) is 0 Å². The lowest BCUT2D eigenvalue weighted by Crippen LogP contribution is -2.44.